The quantitative estimate of drug-likeness (QED) is 0.830. The standard InChI is InChI=1S/C12H15N3O2S/c1-4-10(7(2)16)12-14-11(15-17-12)5-9-6-18-8(3)13-9/h6,10H,4-5H2,1-3H3. The first-order valence-electron chi connectivity index (χ1n) is 5.84. The van der Waals surface area contributed by atoms with Crippen molar-refractivity contribution in [3.8, 4) is 0 Å². The Hall–Kier alpha value is -1.56. The van der Waals surface area contributed by atoms with Gasteiger partial charge in [0, 0.05) is 5.38 Å². The molecule has 0 aliphatic rings. The van der Waals surface area contributed by atoms with Gasteiger partial charge in [-0.05, 0) is 20.3 Å². The maximum Gasteiger partial charge on any atom is 0.237 e. The molecule has 6 heteroatoms. The maximum absolute atomic E-state index is 11.4. The van der Waals surface area contributed by atoms with Crippen LogP contribution < -0.4 is 0 Å². The Bertz CT molecular complexity index is 547. The van der Waals surface area contributed by atoms with E-state index in [0.29, 0.717) is 24.6 Å². The minimum absolute atomic E-state index is 0.0530. The van der Waals surface area contributed by atoms with Crippen molar-refractivity contribution in [1.29, 1.82) is 0 Å². The largest absolute Gasteiger partial charge is 0.339 e. The second-order valence-corrected chi connectivity index (χ2v) is 5.22. The second kappa shape index (κ2) is 5.39. The molecule has 0 fully saturated rings. The number of Topliss-reactive ketones (excluding diaryl/α,β-unsaturated/α-hetero) is 1. The molecule has 96 valence electrons. The number of rotatable bonds is 5. The lowest BCUT2D eigenvalue weighted by atomic mass is 10.0. The van der Waals surface area contributed by atoms with E-state index in [4.69, 9.17) is 4.52 Å². The highest BCUT2D eigenvalue weighted by molar-refractivity contribution is 7.09. The number of ketones is 1. The van der Waals surface area contributed by atoms with Gasteiger partial charge in [0.2, 0.25) is 5.89 Å². The maximum atomic E-state index is 11.4. The normalized spacial score (nSPS) is 12.6. The second-order valence-electron chi connectivity index (χ2n) is 4.15. The molecule has 2 heterocycles. The fraction of sp³-hybridized carbons (Fsp3) is 0.500. The van der Waals surface area contributed by atoms with E-state index in [2.05, 4.69) is 15.1 Å². The highest BCUT2D eigenvalue weighted by Crippen LogP contribution is 2.19. The van der Waals surface area contributed by atoms with Crippen molar-refractivity contribution < 1.29 is 9.32 Å². The van der Waals surface area contributed by atoms with Crippen molar-refractivity contribution in [2.45, 2.75) is 39.5 Å². The zero-order valence-corrected chi connectivity index (χ0v) is 11.5. The molecule has 18 heavy (non-hydrogen) atoms. The average Bonchev–Trinajstić information content (AvgIpc) is 2.90. The number of carbonyl (C=O) groups is 1. The lowest BCUT2D eigenvalue weighted by molar-refractivity contribution is -0.119. The topological polar surface area (TPSA) is 68.9 Å². The van der Waals surface area contributed by atoms with Gasteiger partial charge in [0.05, 0.1) is 23.0 Å². The van der Waals surface area contributed by atoms with Crippen LogP contribution in [0.25, 0.3) is 0 Å². The van der Waals surface area contributed by atoms with Crippen LogP contribution in [0.4, 0.5) is 0 Å². The molecule has 0 aromatic carbocycles. The summed E-state index contributed by atoms with van der Waals surface area (Å²) in [5.41, 5.74) is 0.931. The van der Waals surface area contributed by atoms with Crippen molar-refractivity contribution >= 4 is 17.1 Å². The van der Waals surface area contributed by atoms with Crippen LogP contribution in [-0.2, 0) is 11.2 Å². The molecule has 2 rings (SSSR count). The third-order valence-corrected chi connectivity index (χ3v) is 3.51. The van der Waals surface area contributed by atoms with Gasteiger partial charge >= 0.3 is 0 Å². The molecule has 0 spiro atoms. The van der Waals surface area contributed by atoms with E-state index in [-0.39, 0.29) is 11.7 Å². The molecule has 0 amide bonds. The van der Waals surface area contributed by atoms with Gasteiger partial charge in [-0.25, -0.2) is 4.98 Å². The molecule has 1 atom stereocenters. The Labute approximate surface area is 109 Å². The van der Waals surface area contributed by atoms with Crippen molar-refractivity contribution in [1.82, 2.24) is 15.1 Å². The first-order valence-corrected chi connectivity index (χ1v) is 6.72. The number of hydrogen-bond donors (Lipinski definition) is 0. The summed E-state index contributed by atoms with van der Waals surface area (Å²) in [6.07, 6.45) is 1.22. The fourth-order valence-corrected chi connectivity index (χ4v) is 2.38. The highest BCUT2D eigenvalue weighted by atomic mass is 32.1. The average molecular weight is 265 g/mol. The smallest absolute Gasteiger partial charge is 0.237 e. The Morgan fingerprint density at radius 1 is 1.50 bits per heavy atom. The number of aryl methyl sites for hydroxylation is 1. The molecule has 0 saturated carbocycles. The summed E-state index contributed by atoms with van der Waals surface area (Å²) in [6.45, 7) is 5.43. The van der Waals surface area contributed by atoms with Gasteiger partial charge in [0.25, 0.3) is 0 Å². The fourth-order valence-electron chi connectivity index (χ4n) is 1.77. The van der Waals surface area contributed by atoms with Crippen molar-refractivity contribution in [2.75, 3.05) is 0 Å². The summed E-state index contributed by atoms with van der Waals surface area (Å²) in [6, 6.07) is 0. The predicted molar refractivity (Wildman–Crippen MR) is 67.7 cm³/mol. The number of thiazole rings is 1. The molecule has 1 unspecified atom stereocenters. The van der Waals surface area contributed by atoms with Crippen molar-refractivity contribution in [3.05, 3.63) is 27.8 Å². The van der Waals surface area contributed by atoms with Gasteiger partial charge in [0.15, 0.2) is 5.82 Å². The van der Waals surface area contributed by atoms with E-state index in [1.165, 1.54) is 0 Å². The molecule has 0 bridgehead atoms. The van der Waals surface area contributed by atoms with E-state index < -0.39 is 0 Å². The summed E-state index contributed by atoms with van der Waals surface area (Å²) in [5.74, 6) is 0.752. The third kappa shape index (κ3) is 2.81. The molecule has 0 radical (unpaired) electrons. The molecular formula is C12H15N3O2S. The van der Waals surface area contributed by atoms with Gasteiger partial charge in [-0.3, -0.25) is 4.79 Å². The van der Waals surface area contributed by atoms with Crippen LogP contribution in [0.15, 0.2) is 9.90 Å². The molecule has 0 aliphatic carbocycles. The van der Waals surface area contributed by atoms with Crippen LogP contribution in [-0.4, -0.2) is 20.9 Å². The van der Waals surface area contributed by atoms with E-state index in [9.17, 15) is 4.79 Å². The molecule has 5 nitrogen and oxygen atoms in total. The number of hydrogen-bond acceptors (Lipinski definition) is 6. The minimum atomic E-state index is -0.288. The van der Waals surface area contributed by atoms with Crippen molar-refractivity contribution in [3.63, 3.8) is 0 Å². The first kappa shape index (κ1) is 12.9. The Morgan fingerprint density at radius 3 is 2.83 bits per heavy atom. The molecule has 0 aliphatic heterocycles. The van der Waals surface area contributed by atoms with Gasteiger partial charge in [-0.15, -0.1) is 11.3 Å². The van der Waals surface area contributed by atoms with Crippen LogP contribution in [0.3, 0.4) is 0 Å². The van der Waals surface area contributed by atoms with Crippen LogP contribution in [0.5, 0.6) is 0 Å². The lowest BCUT2D eigenvalue weighted by Crippen LogP contribution is -2.08. The van der Waals surface area contributed by atoms with Gasteiger partial charge in [-0.1, -0.05) is 12.1 Å². The lowest BCUT2D eigenvalue weighted by Gasteiger charge is -2.03. The third-order valence-electron chi connectivity index (χ3n) is 2.69. The van der Waals surface area contributed by atoms with E-state index in [0.717, 1.165) is 10.7 Å². The SMILES string of the molecule is CCC(C(C)=O)c1nc(Cc2csc(C)n2)no1. The van der Waals surface area contributed by atoms with E-state index in [1.807, 2.05) is 19.2 Å². The Kier molecular flexibility index (Phi) is 3.86. The number of aromatic nitrogens is 3. The number of carbonyl (C=O) groups excluding carboxylic acids is 1. The van der Waals surface area contributed by atoms with Crippen LogP contribution in [0, 0.1) is 6.92 Å². The Balaban J connectivity index is 2.12. The first-order chi connectivity index (χ1) is 8.60. The molecular weight excluding hydrogens is 250 g/mol. The zero-order valence-electron chi connectivity index (χ0n) is 10.6. The molecule has 2 aromatic heterocycles. The van der Waals surface area contributed by atoms with Gasteiger partial charge in [0.1, 0.15) is 5.78 Å². The summed E-state index contributed by atoms with van der Waals surface area (Å²) in [4.78, 5) is 20.0. The van der Waals surface area contributed by atoms with Gasteiger partial charge < -0.3 is 4.52 Å². The molecule has 0 saturated heterocycles. The van der Waals surface area contributed by atoms with E-state index in [1.54, 1.807) is 18.3 Å². The van der Waals surface area contributed by atoms with E-state index >= 15 is 0 Å². The summed E-state index contributed by atoms with van der Waals surface area (Å²) in [7, 11) is 0. The van der Waals surface area contributed by atoms with Gasteiger partial charge in [-0.2, -0.15) is 4.98 Å². The van der Waals surface area contributed by atoms with Crippen molar-refractivity contribution in [2.24, 2.45) is 0 Å². The summed E-state index contributed by atoms with van der Waals surface area (Å²) in [5, 5.41) is 6.90. The zero-order chi connectivity index (χ0) is 13.1. The number of nitrogens with zero attached hydrogens (tertiary/aromatic N) is 3. The minimum Gasteiger partial charge on any atom is -0.339 e. The summed E-state index contributed by atoms with van der Waals surface area (Å²) >= 11 is 1.59. The predicted octanol–water partition coefficient (Wildman–Crippen LogP) is 2.51. The van der Waals surface area contributed by atoms with Crippen LogP contribution >= 0.6 is 11.3 Å². The monoisotopic (exact) mass is 265 g/mol. The highest BCUT2D eigenvalue weighted by Gasteiger charge is 2.21. The Morgan fingerprint density at radius 2 is 2.28 bits per heavy atom. The van der Waals surface area contributed by atoms with Crippen LogP contribution in [0.1, 0.15) is 48.6 Å². The molecule has 0 N–H and O–H groups in total. The summed E-state index contributed by atoms with van der Waals surface area (Å²) < 4.78 is 5.15. The van der Waals surface area contributed by atoms with Crippen LogP contribution in [0.2, 0.25) is 0 Å². The molecule has 2 aromatic rings.